The second-order valence-electron chi connectivity index (χ2n) is 6.20. The van der Waals surface area contributed by atoms with Gasteiger partial charge in [0.25, 0.3) is 5.56 Å². The van der Waals surface area contributed by atoms with Gasteiger partial charge < -0.3 is 5.32 Å². The van der Waals surface area contributed by atoms with Gasteiger partial charge >= 0.3 is 0 Å². The van der Waals surface area contributed by atoms with Crippen molar-refractivity contribution in [3.05, 3.63) is 80.1 Å². The molecule has 138 valence electrons. The number of anilines is 2. The molecule has 4 aromatic rings. The minimum absolute atomic E-state index is 0.326. The SMILES string of the molecule is O=c1[nH]nc(-c2ccc(Cl)cc2Cl)c2c1Nc1nnnn1[C@H]2c1ccccc1. The molecule has 10 heteroatoms. The first-order valence-corrected chi connectivity index (χ1v) is 9.07. The number of aromatic nitrogens is 6. The molecule has 0 fully saturated rings. The molecule has 0 spiro atoms. The first kappa shape index (κ1) is 16.9. The predicted octanol–water partition coefficient (Wildman–Crippen LogP) is 3.42. The summed E-state index contributed by atoms with van der Waals surface area (Å²) in [7, 11) is 0. The van der Waals surface area contributed by atoms with Crippen LogP contribution in [0, 0.1) is 0 Å². The van der Waals surface area contributed by atoms with Crippen LogP contribution >= 0.6 is 23.2 Å². The number of fused-ring (bicyclic) bond motifs is 2. The van der Waals surface area contributed by atoms with Gasteiger partial charge in [-0.1, -0.05) is 58.6 Å². The zero-order valence-electron chi connectivity index (χ0n) is 14.1. The molecule has 2 aromatic carbocycles. The van der Waals surface area contributed by atoms with Gasteiger partial charge in [0.05, 0.1) is 5.02 Å². The van der Waals surface area contributed by atoms with Crippen molar-refractivity contribution in [2.75, 3.05) is 5.32 Å². The molecule has 3 heterocycles. The third-order valence-corrected chi connectivity index (χ3v) is 5.12. The predicted molar refractivity (Wildman–Crippen MR) is 105 cm³/mol. The Labute approximate surface area is 168 Å². The lowest BCUT2D eigenvalue weighted by atomic mass is 9.92. The van der Waals surface area contributed by atoms with E-state index in [1.807, 2.05) is 30.3 Å². The van der Waals surface area contributed by atoms with Crippen molar-refractivity contribution in [2.45, 2.75) is 6.04 Å². The molecule has 5 rings (SSSR count). The second kappa shape index (κ2) is 6.43. The van der Waals surface area contributed by atoms with Gasteiger partial charge in [-0.05, 0) is 34.2 Å². The summed E-state index contributed by atoms with van der Waals surface area (Å²) in [6, 6.07) is 14.3. The molecule has 0 aliphatic carbocycles. The van der Waals surface area contributed by atoms with Crippen LogP contribution in [0.15, 0.2) is 53.3 Å². The Kier molecular flexibility index (Phi) is 3.88. The molecule has 1 atom stereocenters. The lowest BCUT2D eigenvalue weighted by Gasteiger charge is -2.27. The summed E-state index contributed by atoms with van der Waals surface area (Å²) in [5.41, 5.74) is 2.62. The van der Waals surface area contributed by atoms with Crippen LogP contribution in [0.5, 0.6) is 0 Å². The van der Waals surface area contributed by atoms with E-state index in [0.717, 1.165) is 5.56 Å². The van der Waals surface area contributed by atoms with E-state index >= 15 is 0 Å². The molecule has 0 saturated heterocycles. The van der Waals surface area contributed by atoms with Crippen LogP contribution in [0.4, 0.5) is 11.6 Å². The van der Waals surface area contributed by atoms with E-state index in [1.165, 1.54) is 0 Å². The fourth-order valence-corrected chi connectivity index (χ4v) is 3.87. The largest absolute Gasteiger partial charge is 0.318 e. The smallest absolute Gasteiger partial charge is 0.288 e. The van der Waals surface area contributed by atoms with E-state index in [2.05, 4.69) is 31.0 Å². The lowest BCUT2D eigenvalue weighted by molar-refractivity contribution is 0.567. The number of aromatic amines is 1. The van der Waals surface area contributed by atoms with Gasteiger partial charge in [-0.15, -0.1) is 0 Å². The molecule has 0 amide bonds. The van der Waals surface area contributed by atoms with Crippen LogP contribution in [-0.2, 0) is 0 Å². The highest BCUT2D eigenvalue weighted by molar-refractivity contribution is 6.36. The van der Waals surface area contributed by atoms with Crippen molar-refractivity contribution in [3.8, 4) is 11.3 Å². The average Bonchev–Trinajstić information content (AvgIpc) is 3.16. The van der Waals surface area contributed by atoms with Crippen molar-refractivity contribution in [1.29, 1.82) is 0 Å². The van der Waals surface area contributed by atoms with Crippen molar-refractivity contribution in [3.63, 3.8) is 0 Å². The van der Waals surface area contributed by atoms with Gasteiger partial charge in [0.2, 0.25) is 5.95 Å². The highest BCUT2D eigenvalue weighted by Crippen LogP contribution is 2.42. The van der Waals surface area contributed by atoms with Crippen LogP contribution in [0.25, 0.3) is 11.3 Å². The number of tetrazole rings is 1. The molecule has 1 aliphatic heterocycles. The number of nitrogens with zero attached hydrogens (tertiary/aromatic N) is 5. The first-order valence-electron chi connectivity index (χ1n) is 8.31. The van der Waals surface area contributed by atoms with Crippen LogP contribution in [-0.4, -0.2) is 30.4 Å². The molecule has 8 nitrogen and oxygen atoms in total. The quantitative estimate of drug-likeness (QED) is 0.461. The molecule has 0 radical (unpaired) electrons. The minimum atomic E-state index is -0.459. The van der Waals surface area contributed by atoms with Gasteiger partial charge in [0, 0.05) is 16.1 Å². The number of halogens is 2. The normalized spacial score (nSPS) is 14.9. The lowest BCUT2D eigenvalue weighted by Crippen LogP contribution is -2.29. The number of benzene rings is 2. The number of nitrogens with one attached hydrogen (secondary N) is 2. The maximum Gasteiger partial charge on any atom is 0.288 e. The summed E-state index contributed by atoms with van der Waals surface area (Å²) >= 11 is 12.5. The summed E-state index contributed by atoms with van der Waals surface area (Å²) in [6.07, 6.45) is 0. The van der Waals surface area contributed by atoms with Gasteiger partial charge in [-0.3, -0.25) is 4.79 Å². The highest BCUT2D eigenvalue weighted by Gasteiger charge is 2.34. The molecular formula is C18H11Cl2N7O. The summed E-state index contributed by atoms with van der Waals surface area (Å²) in [5.74, 6) is 0.367. The highest BCUT2D eigenvalue weighted by atomic mass is 35.5. The Balaban J connectivity index is 1.84. The monoisotopic (exact) mass is 411 g/mol. The molecule has 0 bridgehead atoms. The maximum absolute atomic E-state index is 12.6. The fraction of sp³-hybridized carbons (Fsp3) is 0.0556. The molecule has 2 aromatic heterocycles. The van der Waals surface area contributed by atoms with E-state index in [1.54, 1.807) is 22.9 Å². The van der Waals surface area contributed by atoms with Crippen LogP contribution in [0.2, 0.25) is 10.0 Å². The summed E-state index contributed by atoms with van der Waals surface area (Å²) in [5, 5.41) is 22.6. The summed E-state index contributed by atoms with van der Waals surface area (Å²) < 4.78 is 1.62. The van der Waals surface area contributed by atoms with Crippen LogP contribution < -0.4 is 10.9 Å². The van der Waals surface area contributed by atoms with Gasteiger partial charge in [-0.25, -0.2) is 5.10 Å². The van der Waals surface area contributed by atoms with Crippen LogP contribution in [0.1, 0.15) is 17.2 Å². The Morgan fingerprint density at radius 1 is 1.07 bits per heavy atom. The Morgan fingerprint density at radius 3 is 2.68 bits per heavy atom. The minimum Gasteiger partial charge on any atom is -0.318 e. The molecule has 28 heavy (non-hydrogen) atoms. The van der Waals surface area contributed by atoms with E-state index in [0.29, 0.717) is 38.5 Å². The van der Waals surface area contributed by atoms with Crippen molar-refractivity contribution in [2.24, 2.45) is 0 Å². The number of rotatable bonds is 2. The van der Waals surface area contributed by atoms with E-state index in [4.69, 9.17) is 23.2 Å². The Bertz CT molecular complexity index is 1250. The van der Waals surface area contributed by atoms with E-state index in [9.17, 15) is 4.79 Å². The van der Waals surface area contributed by atoms with Gasteiger partial charge in [0.15, 0.2) is 0 Å². The van der Waals surface area contributed by atoms with Crippen molar-refractivity contribution >= 4 is 34.8 Å². The summed E-state index contributed by atoms with van der Waals surface area (Å²) in [4.78, 5) is 12.6. The fourth-order valence-electron chi connectivity index (χ4n) is 3.37. The number of H-pyrrole nitrogens is 1. The van der Waals surface area contributed by atoms with Crippen LogP contribution in [0.3, 0.4) is 0 Å². The van der Waals surface area contributed by atoms with Gasteiger partial charge in [-0.2, -0.15) is 9.78 Å². The Hall–Kier alpha value is -3.23. The molecule has 1 aliphatic rings. The topological polar surface area (TPSA) is 101 Å². The van der Waals surface area contributed by atoms with E-state index in [-0.39, 0.29) is 5.56 Å². The van der Waals surface area contributed by atoms with E-state index < -0.39 is 6.04 Å². The molecule has 0 saturated carbocycles. The van der Waals surface area contributed by atoms with Crippen molar-refractivity contribution in [1.82, 2.24) is 30.4 Å². The zero-order chi connectivity index (χ0) is 19.3. The van der Waals surface area contributed by atoms with Gasteiger partial charge in [0.1, 0.15) is 17.4 Å². The summed E-state index contributed by atoms with van der Waals surface area (Å²) in [6.45, 7) is 0. The second-order valence-corrected chi connectivity index (χ2v) is 7.04. The average molecular weight is 412 g/mol. The Morgan fingerprint density at radius 2 is 1.89 bits per heavy atom. The first-order chi connectivity index (χ1) is 13.6. The molecule has 0 unspecified atom stereocenters. The zero-order valence-corrected chi connectivity index (χ0v) is 15.6. The third-order valence-electron chi connectivity index (χ3n) is 4.57. The molecular weight excluding hydrogens is 401 g/mol. The van der Waals surface area contributed by atoms with Crippen molar-refractivity contribution < 1.29 is 0 Å². The number of hydrogen-bond acceptors (Lipinski definition) is 6. The maximum atomic E-state index is 12.6. The number of hydrogen-bond donors (Lipinski definition) is 2. The third kappa shape index (κ3) is 2.57. The standard InChI is InChI=1S/C18H11Cl2N7O/c19-10-6-7-11(12(20)8-10)14-13-15(17(28)23-22-14)21-18-24-25-26-27(18)16(13)9-4-2-1-3-5-9/h1-8,16H,(H,23,28)(H,21,24,26)/t16-/m0/s1. The molecule has 2 N–H and O–H groups in total.